The van der Waals surface area contributed by atoms with Gasteiger partial charge in [0.1, 0.15) is 11.5 Å². The summed E-state index contributed by atoms with van der Waals surface area (Å²) < 4.78 is 32.8. The second kappa shape index (κ2) is 6.01. The maximum absolute atomic E-state index is 13.7. The monoisotopic (exact) mass is 362 g/mol. The van der Waals surface area contributed by atoms with Gasteiger partial charge in [-0.3, -0.25) is 0 Å². The summed E-state index contributed by atoms with van der Waals surface area (Å²) in [6.45, 7) is 3.74. The van der Waals surface area contributed by atoms with Crippen molar-refractivity contribution in [2.75, 3.05) is 0 Å². The van der Waals surface area contributed by atoms with E-state index in [-0.39, 0.29) is 22.7 Å². The molecule has 0 amide bonds. The maximum Gasteiger partial charge on any atom is 0.227 e. The van der Waals surface area contributed by atoms with Crippen molar-refractivity contribution >= 4 is 27.5 Å². The molecular formula is C13H10BrClF2N2O. The first-order chi connectivity index (χ1) is 9.40. The smallest absolute Gasteiger partial charge is 0.227 e. The van der Waals surface area contributed by atoms with E-state index in [4.69, 9.17) is 16.3 Å². The molecule has 3 nitrogen and oxygen atoms in total. The average Bonchev–Trinajstić information content (AvgIpc) is 2.35. The Morgan fingerprint density at radius 2 is 1.95 bits per heavy atom. The lowest BCUT2D eigenvalue weighted by Gasteiger charge is -2.13. The van der Waals surface area contributed by atoms with Gasteiger partial charge in [-0.25, -0.2) is 14.4 Å². The van der Waals surface area contributed by atoms with E-state index in [1.165, 1.54) is 12.4 Å². The van der Waals surface area contributed by atoms with Crippen LogP contribution in [0.5, 0.6) is 11.6 Å². The summed E-state index contributed by atoms with van der Waals surface area (Å²) in [6.07, 6.45) is 1.20. The molecule has 1 aromatic carbocycles. The molecule has 0 N–H and O–H groups in total. The van der Waals surface area contributed by atoms with E-state index < -0.39 is 11.6 Å². The Kier molecular flexibility index (Phi) is 4.55. The number of halogens is 4. The molecule has 1 aromatic heterocycles. The van der Waals surface area contributed by atoms with Crippen LogP contribution in [-0.2, 0) is 0 Å². The normalized spacial score (nSPS) is 10.9. The summed E-state index contributed by atoms with van der Waals surface area (Å²) in [5.41, 5.74) is 0.536. The van der Waals surface area contributed by atoms with Crippen molar-refractivity contribution in [2.24, 2.45) is 0 Å². The summed E-state index contributed by atoms with van der Waals surface area (Å²) >= 11 is 9.06. The van der Waals surface area contributed by atoms with Crippen molar-refractivity contribution in [3.63, 3.8) is 0 Å². The number of benzene rings is 1. The quantitative estimate of drug-likeness (QED) is 0.563. The van der Waals surface area contributed by atoms with E-state index in [2.05, 4.69) is 25.9 Å². The first-order valence-electron chi connectivity index (χ1n) is 5.73. The van der Waals surface area contributed by atoms with Gasteiger partial charge < -0.3 is 4.74 Å². The van der Waals surface area contributed by atoms with E-state index in [0.29, 0.717) is 10.0 Å². The second-order valence-corrected chi connectivity index (χ2v) is 5.61. The highest BCUT2D eigenvalue weighted by Crippen LogP contribution is 2.35. The molecule has 0 bridgehead atoms. The van der Waals surface area contributed by atoms with Gasteiger partial charge in [0, 0.05) is 4.47 Å². The SMILES string of the molecule is CC(C)c1c(Cl)ncnc1Oc1cc(Br)cc(F)c1F. The van der Waals surface area contributed by atoms with E-state index in [9.17, 15) is 8.78 Å². The largest absolute Gasteiger partial charge is 0.435 e. The number of aromatic nitrogens is 2. The highest BCUT2D eigenvalue weighted by Gasteiger charge is 2.18. The standard InChI is InChI=1S/C13H10BrClF2N2O/c1-6(2)10-12(15)18-5-19-13(10)20-9-4-7(14)3-8(16)11(9)17/h3-6H,1-2H3. The summed E-state index contributed by atoms with van der Waals surface area (Å²) in [5.74, 6) is -2.29. The van der Waals surface area contributed by atoms with Crippen molar-refractivity contribution in [2.45, 2.75) is 19.8 Å². The van der Waals surface area contributed by atoms with E-state index in [0.717, 1.165) is 6.07 Å². The summed E-state index contributed by atoms with van der Waals surface area (Å²) in [7, 11) is 0. The predicted molar refractivity (Wildman–Crippen MR) is 75.3 cm³/mol. The third-order valence-corrected chi connectivity index (χ3v) is 3.30. The van der Waals surface area contributed by atoms with Gasteiger partial charge in [-0.05, 0) is 18.1 Å². The van der Waals surface area contributed by atoms with Gasteiger partial charge in [0.2, 0.25) is 11.7 Å². The Morgan fingerprint density at radius 3 is 2.60 bits per heavy atom. The van der Waals surface area contributed by atoms with Crippen molar-refractivity contribution < 1.29 is 13.5 Å². The molecular weight excluding hydrogens is 354 g/mol. The van der Waals surface area contributed by atoms with Gasteiger partial charge in [0.25, 0.3) is 0 Å². The molecule has 0 unspecified atom stereocenters. The van der Waals surface area contributed by atoms with Crippen LogP contribution in [0.3, 0.4) is 0 Å². The number of hydrogen-bond donors (Lipinski definition) is 0. The van der Waals surface area contributed by atoms with Crippen LogP contribution in [0.4, 0.5) is 8.78 Å². The van der Waals surface area contributed by atoms with E-state index in [1.54, 1.807) is 0 Å². The molecule has 0 radical (unpaired) electrons. The first-order valence-corrected chi connectivity index (χ1v) is 6.90. The summed E-state index contributed by atoms with van der Waals surface area (Å²) in [6, 6.07) is 2.33. The molecule has 7 heteroatoms. The number of nitrogens with zero attached hydrogens (tertiary/aromatic N) is 2. The van der Waals surface area contributed by atoms with Crippen molar-refractivity contribution in [3.05, 3.63) is 45.3 Å². The van der Waals surface area contributed by atoms with Crippen LogP contribution in [0.2, 0.25) is 5.15 Å². The highest BCUT2D eigenvalue weighted by molar-refractivity contribution is 9.10. The minimum atomic E-state index is -1.09. The minimum Gasteiger partial charge on any atom is -0.435 e. The Labute approximate surface area is 128 Å². The van der Waals surface area contributed by atoms with Crippen molar-refractivity contribution in [1.82, 2.24) is 9.97 Å². The van der Waals surface area contributed by atoms with Crippen LogP contribution in [0.15, 0.2) is 22.9 Å². The van der Waals surface area contributed by atoms with Gasteiger partial charge in [-0.15, -0.1) is 0 Å². The Morgan fingerprint density at radius 1 is 1.25 bits per heavy atom. The van der Waals surface area contributed by atoms with Crippen LogP contribution in [0.25, 0.3) is 0 Å². The molecule has 0 spiro atoms. The minimum absolute atomic E-state index is 0.0289. The van der Waals surface area contributed by atoms with Crippen LogP contribution in [0, 0.1) is 11.6 Å². The van der Waals surface area contributed by atoms with Crippen LogP contribution >= 0.6 is 27.5 Å². The average molecular weight is 364 g/mol. The second-order valence-electron chi connectivity index (χ2n) is 4.34. The molecule has 106 valence electrons. The molecule has 2 rings (SSSR count). The van der Waals surface area contributed by atoms with Crippen LogP contribution < -0.4 is 4.74 Å². The number of rotatable bonds is 3. The first kappa shape index (κ1) is 15.1. The third-order valence-electron chi connectivity index (χ3n) is 2.54. The van der Waals surface area contributed by atoms with Gasteiger partial charge in [0.15, 0.2) is 11.6 Å². The lowest BCUT2D eigenvalue weighted by atomic mass is 10.1. The van der Waals surface area contributed by atoms with Gasteiger partial charge in [0.05, 0.1) is 5.56 Å². The van der Waals surface area contributed by atoms with Crippen LogP contribution in [-0.4, -0.2) is 9.97 Å². The number of hydrogen-bond acceptors (Lipinski definition) is 3. The molecule has 0 fully saturated rings. The fourth-order valence-corrected chi connectivity index (χ4v) is 2.39. The Hall–Kier alpha value is -1.27. The van der Waals surface area contributed by atoms with Gasteiger partial charge in [-0.1, -0.05) is 41.4 Å². The molecule has 0 saturated heterocycles. The number of ether oxygens (including phenoxy) is 1. The fourth-order valence-electron chi connectivity index (χ4n) is 1.64. The van der Waals surface area contributed by atoms with Crippen LogP contribution in [0.1, 0.15) is 25.3 Å². The highest BCUT2D eigenvalue weighted by atomic mass is 79.9. The van der Waals surface area contributed by atoms with Gasteiger partial charge >= 0.3 is 0 Å². The molecule has 0 aliphatic carbocycles. The molecule has 0 atom stereocenters. The lowest BCUT2D eigenvalue weighted by molar-refractivity contribution is 0.399. The molecule has 0 saturated carbocycles. The molecule has 1 heterocycles. The fraction of sp³-hybridized carbons (Fsp3) is 0.231. The van der Waals surface area contributed by atoms with E-state index in [1.807, 2.05) is 13.8 Å². The Bertz CT molecular complexity index is 653. The summed E-state index contributed by atoms with van der Waals surface area (Å²) in [4.78, 5) is 7.79. The maximum atomic E-state index is 13.7. The van der Waals surface area contributed by atoms with Crippen molar-refractivity contribution in [1.29, 1.82) is 0 Å². The lowest BCUT2D eigenvalue weighted by Crippen LogP contribution is -2.01. The zero-order valence-electron chi connectivity index (χ0n) is 10.6. The zero-order chi connectivity index (χ0) is 14.9. The molecule has 20 heavy (non-hydrogen) atoms. The zero-order valence-corrected chi connectivity index (χ0v) is 13.0. The van der Waals surface area contributed by atoms with E-state index >= 15 is 0 Å². The topological polar surface area (TPSA) is 35.0 Å². The van der Waals surface area contributed by atoms with Crippen molar-refractivity contribution in [3.8, 4) is 11.6 Å². The Balaban J connectivity index is 2.48. The molecule has 0 aliphatic heterocycles. The molecule has 2 aromatic rings. The molecule has 0 aliphatic rings. The third kappa shape index (κ3) is 3.07. The predicted octanol–water partition coefficient (Wildman–Crippen LogP) is 5.09. The van der Waals surface area contributed by atoms with Gasteiger partial charge in [-0.2, -0.15) is 4.39 Å². The summed E-state index contributed by atoms with van der Waals surface area (Å²) in [5, 5.41) is 0.223.